The summed E-state index contributed by atoms with van der Waals surface area (Å²) in [5, 5.41) is 8.51. The Morgan fingerprint density at radius 3 is 2.34 bits per heavy atom. The molecule has 35 heavy (non-hydrogen) atoms. The summed E-state index contributed by atoms with van der Waals surface area (Å²) in [7, 11) is 0. The minimum atomic E-state index is -0.425. The molecule has 0 bridgehead atoms. The fraction of sp³-hybridized carbons (Fsp3) is 0.192. The number of carbonyl (C=O) groups is 2. The predicted octanol–water partition coefficient (Wildman–Crippen LogP) is 6.02. The Balaban J connectivity index is 1.69. The molecule has 3 aromatic carbocycles. The third-order valence-electron chi connectivity index (χ3n) is 4.72. The second kappa shape index (κ2) is 12.9. The number of amides is 2. The third kappa shape index (κ3) is 7.53. The molecule has 182 valence electrons. The summed E-state index contributed by atoms with van der Waals surface area (Å²) in [5.74, 6) is 0.438. The number of anilines is 2. The molecule has 2 amide bonds. The van der Waals surface area contributed by atoms with Crippen molar-refractivity contribution in [2.24, 2.45) is 0 Å². The van der Waals surface area contributed by atoms with Gasteiger partial charge in [0.2, 0.25) is 0 Å². The summed E-state index contributed by atoms with van der Waals surface area (Å²) in [6, 6.07) is 19.2. The number of halogens is 1. The van der Waals surface area contributed by atoms with Crippen LogP contribution in [0.15, 0.2) is 71.2 Å². The fourth-order valence-corrected chi connectivity index (χ4v) is 3.69. The molecule has 0 aliphatic heterocycles. The maximum Gasteiger partial charge on any atom is 0.261 e. The Labute approximate surface area is 218 Å². The summed E-state index contributed by atoms with van der Waals surface area (Å²) in [6.45, 7) is 4.95. The van der Waals surface area contributed by atoms with E-state index in [2.05, 4.69) is 31.9 Å². The normalized spacial score (nSPS) is 10.3. The summed E-state index contributed by atoms with van der Waals surface area (Å²) in [5.41, 5.74) is 1.79. The fourth-order valence-electron chi connectivity index (χ4n) is 3.13. The van der Waals surface area contributed by atoms with Crippen molar-refractivity contribution in [3.05, 3.63) is 82.3 Å². The van der Waals surface area contributed by atoms with Crippen LogP contribution in [0.1, 0.15) is 41.0 Å². The predicted molar refractivity (Wildman–Crippen MR) is 146 cm³/mol. The first-order valence-corrected chi connectivity index (χ1v) is 12.3. The first-order chi connectivity index (χ1) is 16.9. The van der Waals surface area contributed by atoms with Gasteiger partial charge in [-0.05, 0) is 80.2 Å². The standard InChI is InChI=1S/C26H26BrN3O4S/c1-3-15-34-23-14-9-17(27)16-21(23)25(32)30-26(35)29-22-8-6-5-7-20(22)24(31)28-18-10-12-19(13-11-18)33-4-2/h5-14,16H,3-4,15H2,1-2H3,(H,28,31)(H2,29,30,32,35). The van der Waals surface area contributed by atoms with Gasteiger partial charge in [-0.25, -0.2) is 0 Å². The van der Waals surface area contributed by atoms with Crippen molar-refractivity contribution in [2.75, 3.05) is 23.8 Å². The zero-order valence-electron chi connectivity index (χ0n) is 19.4. The molecule has 3 aromatic rings. The van der Waals surface area contributed by atoms with Crippen molar-refractivity contribution in [2.45, 2.75) is 20.3 Å². The first kappa shape index (κ1) is 26.2. The first-order valence-electron chi connectivity index (χ1n) is 11.1. The second-order valence-corrected chi connectivity index (χ2v) is 8.68. The van der Waals surface area contributed by atoms with Gasteiger partial charge in [0, 0.05) is 10.2 Å². The molecule has 0 fully saturated rings. The maximum absolute atomic E-state index is 12.9. The van der Waals surface area contributed by atoms with Gasteiger partial charge in [-0.2, -0.15) is 0 Å². The van der Waals surface area contributed by atoms with Gasteiger partial charge >= 0.3 is 0 Å². The molecule has 0 aliphatic rings. The van der Waals surface area contributed by atoms with Crippen LogP contribution in [0.25, 0.3) is 0 Å². The van der Waals surface area contributed by atoms with Crippen LogP contribution < -0.4 is 25.4 Å². The molecular formula is C26H26BrN3O4S. The highest BCUT2D eigenvalue weighted by Crippen LogP contribution is 2.24. The average molecular weight is 556 g/mol. The van der Waals surface area contributed by atoms with Gasteiger partial charge in [0.1, 0.15) is 11.5 Å². The quantitative estimate of drug-likeness (QED) is 0.280. The van der Waals surface area contributed by atoms with Crippen molar-refractivity contribution >= 4 is 56.4 Å². The monoisotopic (exact) mass is 555 g/mol. The van der Waals surface area contributed by atoms with Gasteiger partial charge in [-0.1, -0.05) is 35.0 Å². The number of benzene rings is 3. The van der Waals surface area contributed by atoms with Gasteiger partial charge in [-0.15, -0.1) is 0 Å². The summed E-state index contributed by atoms with van der Waals surface area (Å²) in [6.07, 6.45) is 0.812. The maximum atomic E-state index is 12.9. The lowest BCUT2D eigenvalue weighted by molar-refractivity contribution is 0.0972. The van der Waals surface area contributed by atoms with Crippen molar-refractivity contribution < 1.29 is 19.1 Å². The lowest BCUT2D eigenvalue weighted by Crippen LogP contribution is -2.35. The van der Waals surface area contributed by atoms with Crippen LogP contribution in [0, 0.1) is 0 Å². The van der Waals surface area contributed by atoms with E-state index in [1.807, 2.05) is 13.8 Å². The van der Waals surface area contributed by atoms with Crippen LogP contribution in [-0.2, 0) is 0 Å². The molecule has 3 rings (SSSR count). The molecule has 0 unspecified atom stereocenters. The van der Waals surface area contributed by atoms with Gasteiger partial charge in [0.05, 0.1) is 30.0 Å². The van der Waals surface area contributed by atoms with E-state index in [1.165, 1.54) is 0 Å². The number of para-hydroxylation sites is 1. The molecule has 0 heterocycles. The summed E-state index contributed by atoms with van der Waals surface area (Å²) >= 11 is 8.73. The Morgan fingerprint density at radius 1 is 0.886 bits per heavy atom. The summed E-state index contributed by atoms with van der Waals surface area (Å²) < 4.78 is 11.8. The van der Waals surface area contributed by atoms with E-state index in [-0.39, 0.29) is 11.0 Å². The van der Waals surface area contributed by atoms with Gasteiger partial charge in [-0.3, -0.25) is 14.9 Å². The number of thiocarbonyl (C=S) groups is 1. The van der Waals surface area contributed by atoms with Crippen LogP contribution >= 0.6 is 28.1 Å². The molecule has 0 radical (unpaired) electrons. The minimum Gasteiger partial charge on any atom is -0.494 e. The highest BCUT2D eigenvalue weighted by Gasteiger charge is 2.17. The molecule has 0 saturated carbocycles. The topological polar surface area (TPSA) is 88.7 Å². The Bertz CT molecular complexity index is 1200. The van der Waals surface area contributed by atoms with E-state index in [0.29, 0.717) is 41.5 Å². The molecule has 0 aromatic heterocycles. The number of hydrogen-bond acceptors (Lipinski definition) is 5. The number of nitrogens with one attached hydrogen (secondary N) is 3. The van der Waals surface area contributed by atoms with Gasteiger partial charge in [0.15, 0.2) is 5.11 Å². The van der Waals surface area contributed by atoms with E-state index < -0.39 is 5.91 Å². The van der Waals surface area contributed by atoms with Crippen molar-refractivity contribution in [1.82, 2.24) is 5.32 Å². The molecule has 7 nitrogen and oxygen atoms in total. The van der Waals surface area contributed by atoms with E-state index in [9.17, 15) is 9.59 Å². The lowest BCUT2D eigenvalue weighted by Gasteiger charge is -2.15. The Morgan fingerprint density at radius 2 is 1.63 bits per heavy atom. The van der Waals surface area contributed by atoms with E-state index in [1.54, 1.807) is 66.7 Å². The molecule has 0 aliphatic carbocycles. The van der Waals surface area contributed by atoms with Crippen LogP contribution in [0.2, 0.25) is 0 Å². The third-order valence-corrected chi connectivity index (χ3v) is 5.42. The lowest BCUT2D eigenvalue weighted by atomic mass is 10.1. The Hall–Kier alpha value is -3.43. The number of rotatable bonds is 9. The number of ether oxygens (including phenoxy) is 2. The highest BCUT2D eigenvalue weighted by atomic mass is 79.9. The SMILES string of the molecule is CCCOc1ccc(Br)cc1C(=O)NC(=S)Nc1ccccc1C(=O)Nc1ccc(OCC)cc1. The average Bonchev–Trinajstić information content (AvgIpc) is 2.84. The Kier molecular flexibility index (Phi) is 9.63. The van der Waals surface area contributed by atoms with Crippen molar-refractivity contribution in [1.29, 1.82) is 0 Å². The van der Waals surface area contributed by atoms with Crippen LogP contribution in [0.3, 0.4) is 0 Å². The molecule has 0 saturated heterocycles. The van der Waals surface area contributed by atoms with Gasteiger partial charge < -0.3 is 20.1 Å². The van der Waals surface area contributed by atoms with Crippen LogP contribution in [0.5, 0.6) is 11.5 Å². The molecule has 9 heteroatoms. The smallest absolute Gasteiger partial charge is 0.261 e. The van der Waals surface area contributed by atoms with E-state index >= 15 is 0 Å². The van der Waals surface area contributed by atoms with Crippen LogP contribution in [-0.4, -0.2) is 30.1 Å². The second-order valence-electron chi connectivity index (χ2n) is 7.35. The minimum absolute atomic E-state index is 0.0535. The van der Waals surface area contributed by atoms with Crippen molar-refractivity contribution in [3.63, 3.8) is 0 Å². The molecule has 3 N–H and O–H groups in total. The van der Waals surface area contributed by atoms with E-state index in [4.69, 9.17) is 21.7 Å². The molecule has 0 spiro atoms. The van der Waals surface area contributed by atoms with Crippen molar-refractivity contribution in [3.8, 4) is 11.5 Å². The zero-order valence-corrected chi connectivity index (χ0v) is 21.8. The largest absolute Gasteiger partial charge is 0.494 e. The summed E-state index contributed by atoms with van der Waals surface area (Å²) in [4.78, 5) is 25.8. The highest BCUT2D eigenvalue weighted by molar-refractivity contribution is 9.10. The molecule has 0 atom stereocenters. The van der Waals surface area contributed by atoms with Gasteiger partial charge in [0.25, 0.3) is 11.8 Å². The van der Waals surface area contributed by atoms with E-state index in [0.717, 1.165) is 16.6 Å². The van der Waals surface area contributed by atoms with Crippen LogP contribution in [0.4, 0.5) is 11.4 Å². The number of carbonyl (C=O) groups excluding carboxylic acids is 2. The zero-order chi connectivity index (χ0) is 25.2. The molecular weight excluding hydrogens is 530 g/mol. The number of hydrogen-bond donors (Lipinski definition) is 3.